The van der Waals surface area contributed by atoms with Crippen LogP contribution in [0.3, 0.4) is 0 Å². The van der Waals surface area contributed by atoms with Crippen LogP contribution >= 0.6 is 0 Å². The Bertz CT molecular complexity index is 294. The van der Waals surface area contributed by atoms with Gasteiger partial charge >= 0.3 is 0 Å². The summed E-state index contributed by atoms with van der Waals surface area (Å²) < 4.78 is 13.0. The number of nitrogens with one attached hydrogen (secondary N) is 1. The van der Waals surface area contributed by atoms with Crippen molar-refractivity contribution in [1.29, 1.82) is 0 Å². The lowest BCUT2D eigenvalue weighted by Crippen LogP contribution is -2.23. The molecule has 1 aromatic carbocycles. The van der Waals surface area contributed by atoms with Gasteiger partial charge in [-0.3, -0.25) is 0 Å². The van der Waals surface area contributed by atoms with Crippen LogP contribution in [0.1, 0.15) is 25.8 Å². The van der Waals surface area contributed by atoms with E-state index in [1.807, 2.05) is 13.1 Å². The van der Waals surface area contributed by atoms with Crippen molar-refractivity contribution in [2.45, 2.75) is 25.7 Å². The Hall–Kier alpha value is -0.890. The van der Waals surface area contributed by atoms with Gasteiger partial charge in [-0.25, -0.2) is 4.39 Å². The minimum atomic E-state index is -0.153. The molecule has 0 aliphatic carbocycles. The molecule has 0 aliphatic rings. The fraction of sp³-hybridized carbons (Fsp3) is 0.500. The molecule has 0 atom stereocenters. The van der Waals surface area contributed by atoms with Crippen LogP contribution in [0.2, 0.25) is 0 Å². The lowest BCUT2D eigenvalue weighted by Gasteiger charge is -2.25. The molecule has 0 aromatic heterocycles. The minimum Gasteiger partial charge on any atom is -0.320 e. The Kier molecular flexibility index (Phi) is 3.64. The molecule has 0 saturated carbocycles. The smallest absolute Gasteiger partial charge is 0.123 e. The highest BCUT2D eigenvalue weighted by Gasteiger charge is 2.19. The van der Waals surface area contributed by atoms with E-state index >= 15 is 0 Å². The van der Waals surface area contributed by atoms with E-state index in [-0.39, 0.29) is 11.2 Å². The molecule has 78 valence electrons. The average molecular weight is 195 g/mol. The van der Waals surface area contributed by atoms with Gasteiger partial charge < -0.3 is 5.32 Å². The number of benzene rings is 1. The summed E-state index contributed by atoms with van der Waals surface area (Å²) in [4.78, 5) is 0. The summed E-state index contributed by atoms with van der Waals surface area (Å²) in [7, 11) is 1.93. The monoisotopic (exact) mass is 195 g/mol. The first-order valence-electron chi connectivity index (χ1n) is 4.97. The van der Waals surface area contributed by atoms with Gasteiger partial charge in [0, 0.05) is 0 Å². The van der Waals surface area contributed by atoms with Crippen LogP contribution in [0, 0.1) is 5.82 Å². The molecule has 0 saturated heterocycles. The zero-order valence-corrected chi connectivity index (χ0v) is 9.10. The van der Waals surface area contributed by atoms with E-state index in [2.05, 4.69) is 19.2 Å². The summed E-state index contributed by atoms with van der Waals surface area (Å²) >= 11 is 0. The van der Waals surface area contributed by atoms with E-state index in [9.17, 15) is 4.39 Å². The zero-order valence-electron chi connectivity index (χ0n) is 9.10. The van der Waals surface area contributed by atoms with Crippen molar-refractivity contribution in [3.63, 3.8) is 0 Å². The molecule has 2 heteroatoms. The molecule has 0 amide bonds. The minimum absolute atomic E-state index is 0.0328. The van der Waals surface area contributed by atoms with Gasteiger partial charge in [-0.1, -0.05) is 26.0 Å². The molecule has 1 aromatic rings. The van der Waals surface area contributed by atoms with Gasteiger partial charge in [-0.15, -0.1) is 0 Å². The molecular weight excluding hydrogens is 177 g/mol. The molecular formula is C12H18FN. The van der Waals surface area contributed by atoms with Gasteiger partial charge in [0.15, 0.2) is 0 Å². The first kappa shape index (κ1) is 11.2. The van der Waals surface area contributed by atoms with E-state index in [0.717, 1.165) is 18.5 Å². The molecule has 0 aliphatic heterocycles. The largest absolute Gasteiger partial charge is 0.320 e. The Morgan fingerprint density at radius 1 is 1.36 bits per heavy atom. The van der Waals surface area contributed by atoms with Crippen LogP contribution in [0.15, 0.2) is 24.3 Å². The normalized spacial score (nSPS) is 11.7. The molecule has 0 spiro atoms. The second-order valence-corrected chi connectivity index (χ2v) is 4.25. The Morgan fingerprint density at radius 2 is 2.07 bits per heavy atom. The molecule has 0 bridgehead atoms. The van der Waals surface area contributed by atoms with E-state index in [1.165, 1.54) is 6.07 Å². The standard InChI is InChI=1S/C12H18FN/c1-12(2,7-8-14-3)10-5-4-6-11(13)9-10/h4-6,9,14H,7-8H2,1-3H3. The molecule has 14 heavy (non-hydrogen) atoms. The molecule has 0 radical (unpaired) electrons. The fourth-order valence-electron chi connectivity index (χ4n) is 1.49. The third kappa shape index (κ3) is 2.81. The van der Waals surface area contributed by atoms with Crippen LogP contribution in [0.25, 0.3) is 0 Å². The SMILES string of the molecule is CNCCC(C)(C)c1cccc(F)c1. The second-order valence-electron chi connectivity index (χ2n) is 4.25. The van der Waals surface area contributed by atoms with E-state index < -0.39 is 0 Å². The van der Waals surface area contributed by atoms with Crippen molar-refractivity contribution in [3.05, 3.63) is 35.6 Å². The molecule has 1 rings (SSSR count). The molecule has 1 nitrogen and oxygen atoms in total. The zero-order chi connectivity index (χ0) is 10.6. The maximum absolute atomic E-state index is 13.0. The van der Waals surface area contributed by atoms with Crippen LogP contribution in [-0.4, -0.2) is 13.6 Å². The van der Waals surface area contributed by atoms with Crippen molar-refractivity contribution in [1.82, 2.24) is 5.32 Å². The summed E-state index contributed by atoms with van der Waals surface area (Å²) in [5.41, 5.74) is 1.10. The van der Waals surface area contributed by atoms with E-state index in [4.69, 9.17) is 0 Å². The number of hydrogen-bond donors (Lipinski definition) is 1. The first-order valence-corrected chi connectivity index (χ1v) is 4.97. The van der Waals surface area contributed by atoms with Crippen LogP contribution in [-0.2, 0) is 5.41 Å². The summed E-state index contributed by atoms with van der Waals surface area (Å²) in [6.45, 7) is 5.22. The molecule has 1 N–H and O–H groups in total. The maximum atomic E-state index is 13.0. The number of rotatable bonds is 4. The van der Waals surface area contributed by atoms with Crippen molar-refractivity contribution < 1.29 is 4.39 Å². The van der Waals surface area contributed by atoms with Crippen LogP contribution in [0.4, 0.5) is 4.39 Å². The van der Waals surface area contributed by atoms with Crippen molar-refractivity contribution in [3.8, 4) is 0 Å². The summed E-state index contributed by atoms with van der Waals surface area (Å²) in [5.74, 6) is -0.153. The number of hydrogen-bond acceptors (Lipinski definition) is 1. The van der Waals surface area contributed by atoms with Gasteiger partial charge in [-0.05, 0) is 43.1 Å². The maximum Gasteiger partial charge on any atom is 0.123 e. The topological polar surface area (TPSA) is 12.0 Å². The average Bonchev–Trinajstić information content (AvgIpc) is 2.15. The summed E-state index contributed by atoms with van der Waals surface area (Å²) in [5, 5.41) is 3.11. The predicted octanol–water partition coefficient (Wildman–Crippen LogP) is 2.71. The van der Waals surface area contributed by atoms with E-state index in [0.29, 0.717) is 0 Å². The lowest BCUT2D eigenvalue weighted by atomic mass is 9.81. The van der Waals surface area contributed by atoms with Gasteiger partial charge in [0.25, 0.3) is 0 Å². The third-order valence-corrected chi connectivity index (χ3v) is 2.61. The molecule has 0 fully saturated rings. The highest BCUT2D eigenvalue weighted by molar-refractivity contribution is 5.24. The fourth-order valence-corrected chi connectivity index (χ4v) is 1.49. The van der Waals surface area contributed by atoms with Crippen LogP contribution in [0.5, 0.6) is 0 Å². The highest BCUT2D eigenvalue weighted by Crippen LogP contribution is 2.26. The summed E-state index contributed by atoms with van der Waals surface area (Å²) in [6, 6.07) is 6.86. The second kappa shape index (κ2) is 4.56. The number of halogens is 1. The van der Waals surface area contributed by atoms with Crippen LogP contribution < -0.4 is 5.32 Å². The Morgan fingerprint density at radius 3 is 2.64 bits per heavy atom. The third-order valence-electron chi connectivity index (χ3n) is 2.61. The van der Waals surface area contributed by atoms with Gasteiger partial charge in [-0.2, -0.15) is 0 Å². The lowest BCUT2D eigenvalue weighted by molar-refractivity contribution is 0.465. The Labute approximate surface area is 85.3 Å². The predicted molar refractivity (Wildman–Crippen MR) is 58.0 cm³/mol. The van der Waals surface area contributed by atoms with E-state index in [1.54, 1.807) is 12.1 Å². The Balaban J connectivity index is 2.80. The van der Waals surface area contributed by atoms with Crippen molar-refractivity contribution in [2.24, 2.45) is 0 Å². The summed E-state index contributed by atoms with van der Waals surface area (Å²) in [6.07, 6.45) is 1.01. The molecule has 0 unspecified atom stereocenters. The quantitative estimate of drug-likeness (QED) is 0.779. The first-order chi connectivity index (χ1) is 6.56. The van der Waals surface area contributed by atoms with Gasteiger partial charge in [0.05, 0.1) is 0 Å². The highest BCUT2D eigenvalue weighted by atomic mass is 19.1. The van der Waals surface area contributed by atoms with Crippen molar-refractivity contribution >= 4 is 0 Å². The van der Waals surface area contributed by atoms with Crippen molar-refractivity contribution in [2.75, 3.05) is 13.6 Å². The molecule has 0 heterocycles. The van der Waals surface area contributed by atoms with Gasteiger partial charge in [0.2, 0.25) is 0 Å². The van der Waals surface area contributed by atoms with Gasteiger partial charge in [0.1, 0.15) is 5.82 Å².